The second kappa shape index (κ2) is 8.66. The van der Waals surface area contributed by atoms with Gasteiger partial charge in [0.25, 0.3) is 0 Å². The summed E-state index contributed by atoms with van der Waals surface area (Å²) in [5.74, 6) is 0.404. The van der Waals surface area contributed by atoms with Gasteiger partial charge in [0.1, 0.15) is 5.75 Å². The maximum absolute atomic E-state index is 12.4. The number of hydrogen-bond acceptors (Lipinski definition) is 4. The van der Waals surface area contributed by atoms with Crippen LogP contribution in [0.3, 0.4) is 0 Å². The predicted molar refractivity (Wildman–Crippen MR) is 102 cm³/mol. The molecular weight excluding hydrogens is 342 g/mol. The van der Waals surface area contributed by atoms with Crippen LogP contribution in [0, 0.1) is 5.92 Å². The number of likely N-dealkylation sites (tertiary alicyclic amines) is 1. The normalized spacial score (nSPS) is 16.6. The number of carbonyl (C=O) groups excluding carboxylic acids is 2. The summed E-state index contributed by atoms with van der Waals surface area (Å²) < 4.78 is 5.61. The van der Waals surface area contributed by atoms with Gasteiger partial charge in [0.15, 0.2) is 0 Å². The molecule has 6 nitrogen and oxygen atoms in total. The molecule has 1 saturated heterocycles. The van der Waals surface area contributed by atoms with Crippen molar-refractivity contribution in [3.8, 4) is 5.75 Å². The van der Waals surface area contributed by atoms with Crippen molar-refractivity contribution in [1.82, 2.24) is 15.2 Å². The molecule has 1 aliphatic rings. The summed E-state index contributed by atoms with van der Waals surface area (Å²) in [5.41, 5.74) is 1.82. The Morgan fingerprint density at radius 3 is 2.70 bits per heavy atom. The van der Waals surface area contributed by atoms with Crippen molar-refractivity contribution in [3.63, 3.8) is 0 Å². The number of aromatic nitrogens is 1. The molecule has 142 valence electrons. The van der Waals surface area contributed by atoms with Gasteiger partial charge in [-0.3, -0.25) is 14.6 Å². The quantitative estimate of drug-likeness (QED) is 0.816. The first kappa shape index (κ1) is 18.9. The van der Waals surface area contributed by atoms with Crippen molar-refractivity contribution >= 4 is 11.8 Å². The molecule has 27 heavy (non-hydrogen) atoms. The molecule has 0 saturated carbocycles. The number of nitrogens with one attached hydrogen (secondary N) is 1. The third kappa shape index (κ3) is 5.29. The Morgan fingerprint density at radius 2 is 2.04 bits per heavy atom. The number of carbonyl (C=O) groups is 2. The molecule has 1 fully saturated rings. The molecule has 6 heteroatoms. The lowest BCUT2D eigenvalue weighted by Crippen LogP contribution is -2.32. The van der Waals surface area contributed by atoms with Gasteiger partial charge in [-0.1, -0.05) is 18.2 Å². The molecule has 2 heterocycles. The molecule has 2 aromatic rings. The van der Waals surface area contributed by atoms with Crippen molar-refractivity contribution in [2.75, 3.05) is 6.54 Å². The second-order valence-electron chi connectivity index (χ2n) is 7.02. The van der Waals surface area contributed by atoms with Crippen LogP contribution in [0.4, 0.5) is 0 Å². The van der Waals surface area contributed by atoms with Gasteiger partial charge in [0, 0.05) is 25.7 Å². The summed E-state index contributed by atoms with van der Waals surface area (Å²) in [7, 11) is 0. The van der Waals surface area contributed by atoms with Gasteiger partial charge in [-0.15, -0.1) is 0 Å². The number of rotatable bonds is 7. The van der Waals surface area contributed by atoms with Gasteiger partial charge in [-0.05, 0) is 43.7 Å². The number of benzene rings is 1. The van der Waals surface area contributed by atoms with E-state index in [1.807, 2.05) is 56.3 Å². The molecule has 2 amide bonds. The zero-order valence-electron chi connectivity index (χ0n) is 15.7. The first-order chi connectivity index (χ1) is 13.0. The molecule has 0 bridgehead atoms. The van der Waals surface area contributed by atoms with Crippen LogP contribution >= 0.6 is 0 Å². The average molecular weight is 367 g/mol. The summed E-state index contributed by atoms with van der Waals surface area (Å²) in [4.78, 5) is 30.6. The minimum Gasteiger partial charge on any atom is -0.491 e. The summed E-state index contributed by atoms with van der Waals surface area (Å²) >= 11 is 0. The van der Waals surface area contributed by atoms with Crippen LogP contribution in [0.2, 0.25) is 0 Å². The molecule has 0 aliphatic carbocycles. The Hall–Kier alpha value is -2.89. The molecule has 1 aliphatic heterocycles. The molecule has 1 aromatic carbocycles. The fraction of sp³-hybridized carbons (Fsp3) is 0.381. The molecule has 0 spiro atoms. The molecule has 1 unspecified atom stereocenters. The van der Waals surface area contributed by atoms with E-state index >= 15 is 0 Å². The van der Waals surface area contributed by atoms with Crippen molar-refractivity contribution < 1.29 is 14.3 Å². The second-order valence-corrected chi connectivity index (χ2v) is 7.02. The van der Waals surface area contributed by atoms with E-state index in [0.717, 1.165) is 17.0 Å². The Morgan fingerprint density at radius 1 is 1.26 bits per heavy atom. The standard InChI is InChI=1S/C21H25N3O3/c1-15(2)27-19-8-6-16(7-9-19)12-23-21(26)17-11-20(25)24(13-17)14-18-5-3-4-10-22-18/h3-10,15,17H,11-14H2,1-2H3,(H,23,26). The van der Waals surface area contributed by atoms with Crippen molar-refractivity contribution in [2.24, 2.45) is 5.92 Å². The van der Waals surface area contributed by atoms with E-state index in [4.69, 9.17) is 4.74 Å². The first-order valence-electron chi connectivity index (χ1n) is 9.22. The molecule has 1 atom stereocenters. The fourth-order valence-electron chi connectivity index (χ4n) is 3.08. The fourth-order valence-corrected chi connectivity index (χ4v) is 3.08. The minimum absolute atomic E-state index is 0.00371. The van der Waals surface area contributed by atoms with Crippen molar-refractivity contribution in [2.45, 2.75) is 39.5 Å². The van der Waals surface area contributed by atoms with E-state index in [1.54, 1.807) is 11.1 Å². The molecule has 3 rings (SSSR count). The SMILES string of the molecule is CC(C)Oc1ccc(CNC(=O)C2CC(=O)N(Cc3ccccn3)C2)cc1. The Kier molecular flexibility index (Phi) is 6.06. The highest BCUT2D eigenvalue weighted by Gasteiger charge is 2.34. The van der Waals surface area contributed by atoms with Crippen LogP contribution in [-0.2, 0) is 22.7 Å². The van der Waals surface area contributed by atoms with Gasteiger partial charge in [0.2, 0.25) is 11.8 Å². The van der Waals surface area contributed by atoms with Gasteiger partial charge in [-0.25, -0.2) is 0 Å². The zero-order chi connectivity index (χ0) is 19.2. The van der Waals surface area contributed by atoms with Gasteiger partial charge >= 0.3 is 0 Å². The zero-order valence-corrected chi connectivity index (χ0v) is 15.7. The number of nitrogens with zero attached hydrogens (tertiary/aromatic N) is 2. The van der Waals surface area contributed by atoms with Crippen molar-refractivity contribution in [1.29, 1.82) is 0 Å². The van der Waals surface area contributed by atoms with E-state index in [0.29, 0.717) is 19.6 Å². The number of hydrogen-bond donors (Lipinski definition) is 1. The van der Waals surface area contributed by atoms with E-state index in [-0.39, 0.29) is 30.3 Å². The first-order valence-corrected chi connectivity index (χ1v) is 9.22. The maximum Gasteiger partial charge on any atom is 0.225 e. The monoisotopic (exact) mass is 367 g/mol. The smallest absolute Gasteiger partial charge is 0.225 e. The van der Waals surface area contributed by atoms with Crippen LogP contribution in [0.5, 0.6) is 5.75 Å². The summed E-state index contributed by atoms with van der Waals surface area (Å²) in [6.07, 6.45) is 2.08. The number of pyridine rings is 1. The summed E-state index contributed by atoms with van der Waals surface area (Å²) in [6, 6.07) is 13.3. The molecule has 1 N–H and O–H groups in total. The van der Waals surface area contributed by atoms with Crippen LogP contribution in [0.15, 0.2) is 48.7 Å². The Balaban J connectivity index is 1.49. The van der Waals surface area contributed by atoms with Gasteiger partial charge in [0.05, 0.1) is 24.3 Å². The van der Waals surface area contributed by atoms with Crippen LogP contribution in [0.25, 0.3) is 0 Å². The third-order valence-electron chi connectivity index (χ3n) is 4.43. The van der Waals surface area contributed by atoms with Gasteiger partial charge < -0.3 is 15.0 Å². The van der Waals surface area contributed by atoms with Crippen LogP contribution < -0.4 is 10.1 Å². The van der Waals surface area contributed by atoms with E-state index in [9.17, 15) is 9.59 Å². The van der Waals surface area contributed by atoms with Crippen molar-refractivity contribution in [3.05, 3.63) is 59.9 Å². The molecular formula is C21H25N3O3. The summed E-state index contributed by atoms with van der Waals surface area (Å²) in [5, 5.41) is 2.93. The highest BCUT2D eigenvalue weighted by molar-refractivity contribution is 5.89. The predicted octanol–water partition coefficient (Wildman–Crippen LogP) is 2.53. The highest BCUT2D eigenvalue weighted by Crippen LogP contribution is 2.20. The molecule has 0 radical (unpaired) electrons. The number of amides is 2. The van der Waals surface area contributed by atoms with Crippen LogP contribution in [-0.4, -0.2) is 34.3 Å². The Labute approximate surface area is 159 Å². The Bertz CT molecular complexity index is 775. The topological polar surface area (TPSA) is 71.5 Å². The third-order valence-corrected chi connectivity index (χ3v) is 4.43. The minimum atomic E-state index is -0.315. The van der Waals surface area contributed by atoms with E-state index < -0.39 is 0 Å². The maximum atomic E-state index is 12.4. The lowest BCUT2D eigenvalue weighted by Gasteiger charge is -2.16. The van der Waals surface area contributed by atoms with Crippen LogP contribution in [0.1, 0.15) is 31.5 Å². The highest BCUT2D eigenvalue weighted by atomic mass is 16.5. The van der Waals surface area contributed by atoms with E-state index in [1.165, 1.54) is 0 Å². The van der Waals surface area contributed by atoms with E-state index in [2.05, 4.69) is 10.3 Å². The lowest BCUT2D eigenvalue weighted by atomic mass is 10.1. The number of ether oxygens (including phenoxy) is 1. The average Bonchev–Trinajstić information content (AvgIpc) is 3.02. The molecule has 1 aromatic heterocycles. The summed E-state index contributed by atoms with van der Waals surface area (Å²) in [6.45, 7) is 5.28. The lowest BCUT2D eigenvalue weighted by molar-refractivity contribution is -0.129. The largest absolute Gasteiger partial charge is 0.491 e. The van der Waals surface area contributed by atoms with Gasteiger partial charge in [-0.2, -0.15) is 0 Å².